The Bertz CT molecular complexity index is 549. The van der Waals surface area contributed by atoms with E-state index in [0.29, 0.717) is 11.5 Å². The zero-order valence-corrected chi connectivity index (χ0v) is 14.5. The van der Waals surface area contributed by atoms with Gasteiger partial charge in [0.25, 0.3) is 0 Å². The average molecular weight is 320 g/mol. The first-order chi connectivity index (χ1) is 10.9. The molecular formula is C18H28N2O3. The molecule has 23 heavy (non-hydrogen) atoms. The normalized spacial score (nSPS) is 21.6. The van der Waals surface area contributed by atoms with Crippen LogP contribution >= 0.6 is 0 Å². The van der Waals surface area contributed by atoms with Gasteiger partial charge >= 0.3 is 0 Å². The molecular weight excluding hydrogens is 292 g/mol. The van der Waals surface area contributed by atoms with Crippen LogP contribution in [0.5, 0.6) is 11.5 Å². The Hall–Kier alpha value is -1.75. The van der Waals surface area contributed by atoms with E-state index in [9.17, 15) is 4.79 Å². The molecule has 0 aromatic heterocycles. The van der Waals surface area contributed by atoms with E-state index in [4.69, 9.17) is 15.2 Å². The molecule has 128 valence electrons. The molecule has 1 amide bonds. The summed E-state index contributed by atoms with van der Waals surface area (Å²) in [6.07, 6.45) is 3.85. The van der Waals surface area contributed by atoms with Crippen molar-refractivity contribution in [1.29, 1.82) is 0 Å². The highest BCUT2D eigenvalue weighted by atomic mass is 16.5. The summed E-state index contributed by atoms with van der Waals surface area (Å²) in [4.78, 5) is 12.8. The zero-order chi connectivity index (χ0) is 17.0. The van der Waals surface area contributed by atoms with E-state index < -0.39 is 5.41 Å². The van der Waals surface area contributed by atoms with E-state index in [1.54, 1.807) is 14.2 Å². The fraction of sp³-hybridized carbons (Fsp3) is 0.611. The molecule has 3 N–H and O–H groups in total. The largest absolute Gasteiger partial charge is 0.493 e. The van der Waals surface area contributed by atoms with Crippen molar-refractivity contribution >= 4 is 5.91 Å². The van der Waals surface area contributed by atoms with Crippen LogP contribution in [-0.2, 0) is 10.2 Å². The van der Waals surface area contributed by atoms with Crippen molar-refractivity contribution in [2.24, 2.45) is 5.73 Å². The molecule has 1 aromatic carbocycles. The zero-order valence-electron chi connectivity index (χ0n) is 14.5. The average Bonchev–Trinajstić information content (AvgIpc) is 2.56. The quantitative estimate of drug-likeness (QED) is 0.873. The summed E-state index contributed by atoms with van der Waals surface area (Å²) in [5.74, 6) is 1.33. The predicted octanol–water partition coefficient (Wildman–Crippen LogP) is 2.37. The van der Waals surface area contributed by atoms with Crippen LogP contribution in [0.4, 0.5) is 0 Å². The van der Waals surface area contributed by atoms with Crippen molar-refractivity contribution in [3.63, 3.8) is 0 Å². The van der Waals surface area contributed by atoms with Crippen LogP contribution in [-0.4, -0.2) is 32.2 Å². The van der Waals surface area contributed by atoms with Gasteiger partial charge in [0.15, 0.2) is 11.5 Å². The summed E-state index contributed by atoms with van der Waals surface area (Å²) in [6, 6.07) is 6.12. The van der Waals surface area contributed by atoms with Crippen LogP contribution in [0.15, 0.2) is 18.2 Å². The maximum absolute atomic E-state index is 12.8. The van der Waals surface area contributed by atoms with Crippen molar-refractivity contribution in [3.05, 3.63) is 23.8 Å². The van der Waals surface area contributed by atoms with Gasteiger partial charge in [-0.2, -0.15) is 0 Å². The number of hydrogen-bond donors (Lipinski definition) is 2. The number of carbonyl (C=O) groups is 1. The van der Waals surface area contributed by atoms with Gasteiger partial charge in [-0.1, -0.05) is 6.07 Å². The van der Waals surface area contributed by atoms with Crippen LogP contribution < -0.4 is 20.5 Å². The molecule has 1 fully saturated rings. The Morgan fingerprint density at radius 2 is 1.74 bits per heavy atom. The summed E-state index contributed by atoms with van der Waals surface area (Å²) in [5.41, 5.74) is 6.19. The monoisotopic (exact) mass is 320 g/mol. The highest BCUT2D eigenvalue weighted by molar-refractivity contribution is 5.87. The Labute approximate surface area is 138 Å². The Morgan fingerprint density at radius 1 is 1.13 bits per heavy atom. The predicted molar refractivity (Wildman–Crippen MR) is 90.9 cm³/mol. The second kappa shape index (κ2) is 7.21. The molecule has 0 atom stereocenters. The standard InChI is InChI=1S/C18H28N2O3/c1-18(2,12-5-10-15(22-3)16(11-12)23-4)17(21)20-14-8-6-13(19)7-9-14/h5,10-11,13-14H,6-9,19H2,1-4H3,(H,20,21). The van der Waals surface area contributed by atoms with Gasteiger partial charge in [-0.15, -0.1) is 0 Å². The van der Waals surface area contributed by atoms with Crippen molar-refractivity contribution in [2.75, 3.05) is 14.2 Å². The molecule has 1 aliphatic carbocycles. The van der Waals surface area contributed by atoms with E-state index in [2.05, 4.69) is 5.32 Å². The molecule has 1 aliphatic rings. The second-order valence-corrected chi connectivity index (χ2v) is 6.78. The van der Waals surface area contributed by atoms with Gasteiger partial charge in [-0.05, 0) is 57.2 Å². The van der Waals surface area contributed by atoms with Gasteiger partial charge in [-0.25, -0.2) is 0 Å². The molecule has 0 saturated heterocycles. The molecule has 0 bridgehead atoms. The number of ether oxygens (including phenoxy) is 2. The minimum atomic E-state index is -0.640. The molecule has 2 rings (SSSR count). The molecule has 0 aliphatic heterocycles. The number of carbonyl (C=O) groups excluding carboxylic acids is 1. The molecule has 1 aromatic rings. The van der Waals surface area contributed by atoms with Crippen molar-refractivity contribution < 1.29 is 14.3 Å². The topological polar surface area (TPSA) is 73.6 Å². The first-order valence-electron chi connectivity index (χ1n) is 8.17. The van der Waals surface area contributed by atoms with Gasteiger partial charge in [0.1, 0.15) is 0 Å². The third-order valence-electron chi connectivity index (χ3n) is 4.78. The maximum Gasteiger partial charge on any atom is 0.230 e. The SMILES string of the molecule is COc1ccc(C(C)(C)C(=O)NC2CCC(N)CC2)cc1OC. The molecule has 1 saturated carbocycles. The lowest BCUT2D eigenvalue weighted by Gasteiger charge is -2.31. The van der Waals surface area contributed by atoms with Crippen molar-refractivity contribution in [2.45, 2.75) is 57.0 Å². The van der Waals surface area contributed by atoms with E-state index in [0.717, 1.165) is 31.2 Å². The second-order valence-electron chi connectivity index (χ2n) is 6.78. The summed E-state index contributed by atoms with van der Waals surface area (Å²) < 4.78 is 10.6. The Kier molecular flexibility index (Phi) is 5.52. The Morgan fingerprint density at radius 3 is 2.30 bits per heavy atom. The number of hydrogen-bond acceptors (Lipinski definition) is 4. The Balaban J connectivity index is 2.12. The van der Waals surface area contributed by atoms with E-state index >= 15 is 0 Å². The van der Waals surface area contributed by atoms with Crippen LogP contribution in [0.1, 0.15) is 45.1 Å². The first-order valence-corrected chi connectivity index (χ1v) is 8.17. The summed E-state index contributed by atoms with van der Waals surface area (Å²) in [7, 11) is 3.20. The van der Waals surface area contributed by atoms with Gasteiger partial charge in [0.2, 0.25) is 5.91 Å². The third kappa shape index (κ3) is 3.96. The van der Waals surface area contributed by atoms with Crippen molar-refractivity contribution in [1.82, 2.24) is 5.32 Å². The lowest BCUT2D eigenvalue weighted by molar-refractivity contribution is -0.126. The van der Waals surface area contributed by atoms with E-state index in [1.807, 2.05) is 32.0 Å². The fourth-order valence-electron chi connectivity index (χ4n) is 2.99. The van der Waals surface area contributed by atoms with Crippen molar-refractivity contribution in [3.8, 4) is 11.5 Å². The van der Waals surface area contributed by atoms with Gasteiger partial charge in [-0.3, -0.25) is 4.79 Å². The lowest BCUT2D eigenvalue weighted by Crippen LogP contribution is -2.47. The number of nitrogens with two attached hydrogens (primary N) is 1. The molecule has 5 heteroatoms. The number of amides is 1. The van der Waals surface area contributed by atoms with Gasteiger partial charge < -0.3 is 20.5 Å². The molecule has 0 radical (unpaired) electrons. The third-order valence-corrected chi connectivity index (χ3v) is 4.78. The van der Waals surface area contributed by atoms with Crippen LogP contribution in [0.3, 0.4) is 0 Å². The van der Waals surface area contributed by atoms with Crippen LogP contribution in [0.25, 0.3) is 0 Å². The van der Waals surface area contributed by atoms with E-state index in [1.165, 1.54) is 0 Å². The number of rotatable bonds is 5. The number of nitrogens with one attached hydrogen (secondary N) is 1. The first kappa shape index (κ1) is 17.6. The minimum absolute atomic E-state index is 0.0326. The molecule has 5 nitrogen and oxygen atoms in total. The molecule has 0 unspecified atom stereocenters. The summed E-state index contributed by atoms with van der Waals surface area (Å²) in [5, 5.41) is 3.18. The van der Waals surface area contributed by atoms with E-state index in [-0.39, 0.29) is 18.0 Å². The number of methoxy groups -OCH3 is 2. The van der Waals surface area contributed by atoms with Gasteiger partial charge in [0, 0.05) is 12.1 Å². The number of benzene rings is 1. The molecule has 0 spiro atoms. The lowest BCUT2D eigenvalue weighted by atomic mass is 9.82. The smallest absolute Gasteiger partial charge is 0.230 e. The highest BCUT2D eigenvalue weighted by Crippen LogP contribution is 2.33. The molecule has 0 heterocycles. The highest BCUT2D eigenvalue weighted by Gasteiger charge is 2.32. The fourth-order valence-corrected chi connectivity index (χ4v) is 2.99. The maximum atomic E-state index is 12.8. The van der Waals surface area contributed by atoms with Crippen LogP contribution in [0, 0.1) is 0 Å². The summed E-state index contributed by atoms with van der Waals surface area (Å²) >= 11 is 0. The van der Waals surface area contributed by atoms with Crippen LogP contribution in [0.2, 0.25) is 0 Å². The minimum Gasteiger partial charge on any atom is -0.493 e. The summed E-state index contributed by atoms with van der Waals surface area (Å²) in [6.45, 7) is 3.86. The van der Waals surface area contributed by atoms with Gasteiger partial charge in [0.05, 0.1) is 19.6 Å².